The topological polar surface area (TPSA) is 70.4 Å². The third-order valence-electron chi connectivity index (χ3n) is 4.95. The number of ether oxygens (including phenoxy) is 2. The smallest absolute Gasteiger partial charge is 0.263 e. The maximum atomic E-state index is 13.2. The van der Waals surface area contributed by atoms with E-state index < -0.39 is 0 Å². The van der Waals surface area contributed by atoms with Crippen LogP contribution in [0, 0.1) is 6.92 Å². The number of carbonyl (C=O) groups excluding carboxylic acids is 1. The molecule has 0 saturated carbocycles. The van der Waals surface area contributed by atoms with Crippen LogP contribution < -0.4 is 15.0 Å². The van der Waals surface area contributed by atoms with Gasteiger partial charge in [0.15, 0.2) is 17.3 Å². The number of rotatable bonds is 4. The van der Waals surface area contributed by atoms with Gasteiger partial charge in [0.05, 0.1) is 31.5 Å². The molecule has 0 unspecified atom stereocenters. The van der Waals surface area contributed by atoms with Gasteiger partial charge in [-0.25, -0.2) is 4.98 Å². The number of hydrogen-bond donors (Lipinski definition) is 0. The molecule has 3 aromatic heterocycles. The van der Waals surface area contributed by atoms with Gasteiger partial charge in [-0.1, -0.05) is 0 Å². The van der Waals surface area contributed by atoms with Gasteiger partial charge in [0.25, 0.3) is 5.56 Å². The van der Waals surface area contributed by atoms with E-state index in [0.717, 1.165) is 16.9 Å². The van der Waals surface area contributed by atoms with Crippen LogP contribution in [0.5, 0.6) is 11.5 Å². The Bertz CT molecular complexity index is 1320. The first-order chi connectivity index (χ1) is 14.6. The average molecular weight is 439 g/mol. The van der Waals surface area contributed by atoms with Crippen molar-refractivity contribution in [2.24, 2.45) is 0 Å². The first-order valence-electron chi connectivity index (χ1n) is 9.56. The summed E-state index contributed by atoms with van der Waals surface area (Å²) in [6.45, 7) is 3.09. The van der Waals surface area contributed by atoms with Crippen LogP contribution in [0.25, 0.3) is 20.7 Å². The van der Waals surface area contributed by atoms with Gasteiger partial charge in [-0.15, -0.1) is 22.7 Å². The molecule has 1 aromatic carbocycles. The van der Waals surface area contributed by atoms with Crippen molar-refractivity contribution in [1.29, 1.82) is 0 Å². The molecule has 0 aliphatic carbocycles. The van der Waals surface area contributed by atoms with Crippen LogP contribution in [0.4, 0.5) is 0 Å². The number of aryl methyl sites for hydroxylation is 1. The summed E-state index contributed by atoms with van der Waals surface area (Å²) in [4.78, 5) is 33.4. The van der Waals surface area contributed by atoms with E-state index in [1.54, 1.807) is 29.5 Å². The number of nitrogens with zero attached hydrogens (tertiary/aromatic N) is 2. The SMILES string of the molecule is Cc1ccc(-c2csc3ncn(CC(=O)c4ccc5c(c4)OCCCO5)c(=O)c23)s1. The van der Waals surface area contributed by atoms with Crippen LogP contribution in [0.2, 0.25) is 0 Å². The molecule has 8 heteroatoms. The number of fused-ring (bicyclic) bond motifs is 2. The van der Waals surface area contributed by atoms with Gasteiger partial charge >= 0.3 is 0 Å². The lowest BCUT2D eigenvalue weighted by molar-refractivity contribution is 0.0970. The Kier molecular flexibility index (Phi) is 4.88. The molecule has 0 atom stereocenters. The van der Waals surface area contributed by atoms with E-state index in [9.17, 15) is 9.59 Å². The number of thiophene rings is 2. The van der Waals surface area contributed by atoms with Gasteiger partial charge in [-0.2, -0.15) is 0 Å². The van der Waals surface area contributed by atoms with Crippen molar-refractivity contribution in [2.45, 2.75) is 19.9 Å². The molecule has 0 N–H and O–H groups in total. The summed E-state index contributed by atoms with van der Waals surface area (Å²) in [6, 6.07) is 9.18. The monoisotopic (exact) mass is 438 g/mol. The lowest BCUT2D eigenvalue weighted by Gasteiger charge is -2.10. The highest BCUT2D eigenvalue weighted by Gasteiger charge is 2.18. The van der Waals surface area contributed by atoms with Crippen molar-refractivity contribution >= 4 is 38.7 Å². The summed E-state index contributed by atoms with van der Waals surface area (Å²) in [5.74, 6) is 1.02. The number of hydrogen-bond acceptors (Lipinski definition) is 7. The molecular formula is C22H18N2O4S2. The molecule has 6 nitrogen and oxygen atoms in total. The second kappa shape index (κ2) is 7.70. The maximum Gasteiger partial charge on any atom is 0.263 e. The molecule has 0 amide bonds. The van der Waals surface area contributed by atoms with Crippen LogP contribution in [0.3, 0.4) is 0 Å². The summed E-state index contributed by atoms with van der Waals surface area (Å²) in [5.41, 5.74) is 1.15. The lowest BCUT2D eigenvalue weighted by Crippen LogP contribution is -2.24. The first-order valence-corrected chi connectivity index (χ1v) is 11.3. The van der Waals surface area contributed by atoms with Gasteiger partial charge in [-0.05, 0) is 37.3 Å². The zero-order valence-corrected chi connectivity index (χ0v) is 17.8. The van der Waals surface area contributed by atoms with E-state index in [0.29, 0.717) is 40.5 Å². The zero-order chi connectivity index (χ0) is 20.7. The fourth-order valence-electron chi connectivity index (χ4n) is 3.42. The maximum absolute atomic E-state index is 13.2. The second-order valence-electron chi connectivity index (χ2n) is 7.05. The molecule has 0 radical (unpaired) electrons. The third-order valence-corrected chi connectivity index (χ3v) is 6.87. The van der Waals surface area contributed by atoms with Crippen LogP contribution in [0.15, 0.2) is 46.8 Å². The average Bonchev–Trinajstić information content (AvgIpc) is 3.29. The molecule has 30 heavy (non-hydrogen) atoms. The molecule has 0 fully saturated rings. The van der Waals surface area contributed by atoms with Gasteiger partial charge in [0.2, 0.25) is 0 Å². The fourth-order valence-corrected chi connectivity index (χ4v) is 5.29. The standard InChI is InChI=1S/C22H18N2O4S2/c1-13-3-6-19(30-13)15-11-29-21-20(15)22(26)24(12-23-21)10-16(25)14-4-5-17-18(9-14)28-8-2-7-27-17/h3-6,9,11-12H,2,7-8,10H2,1H3. The number of aromatic nitrogens is 2. The van der Waals surface area contributed by atoms with Crippen LogP contribution in [-0.2, 0) is 6.54 Å². The van der Waals surface area contributed by atoms with E-state index >= 15 is 0 Å². The quantitative estimate of drug-likeness (QED) is 0.438. The fraction of sp³-hybridized carbons (Fsp3) is 0.227. The molecule has 4 aromatic rings. The predicted molar refractivity (Wildman–Crippen MR) is 118 cm³/mol. The Hall–Kier alpha value is -2.97. The highest BCUT2D eigenvalue weighted by atomic mass is 32.1. The van der Waals surface area contributed by atoms with Crippen molar-refractivity contribution in [3.63, 3.8) is 0 Å². The van der Waals surface area contributed by atoms with Crippen molar-refractivity contribution < 1.29 is 14.3 Å². The van der Waals surface area contributed by atoms with E-state index in [1.807, 2.05) is 24.4 Å². The van der Waals surface area contributed by atoms with Crippen molar-refractivity contribution in [1.82, 2.24) is 9.55 Å². The number of ketones is 1. The summed E-state index contributed by atoms with van der Waals surface area (Å²) < 4.78 is 12.7. The van der Waals surface area contributed by atoms with Gasteiger partial charge in [0.1, 0.15) is 4.83 Å². The third kappa shape index (κ3) is 3.42. The number of benzene rings is 1. The molecule has 5 rings (SSSR count). The van der Waals surface area contributed by atoms with Crippen molar-refractivity contribution in [3.8, 4) is 21.9 Å². The number of carbonyl (C=O) groups is 1. The summed E-state index contributed by atoms with van der Waals surface area (Å²) in [6.07, 6.45) is 2.25. The highest BCUT2D eigenvalue weighted by molar-refractivity contribution is 7.19. The normalized spacial score (nSPS) is 13.4. The molecule has 152 valence electrons. The molecule has 1 aliphatic rings. The Labute approximate surface area is 180 Å². The van der Waals surface area contributed by atoms with E-state index in [-0.39, 0.29) is 17.9 Å². The molecular weight excluding hydrogens is 420 g/mol. The summed E-state index contributed by atoms with van der Waals surface area (Å²) >= 11 is 3.08. The van der Waals surface area contributed by atoms with Gasteiger partial charge in [-0.3, -0.25) is 14.2 Å². The minimum Gasteiger partial charge on any atom is -0.490 e. The van der Waals surface area contributed by atoms with Crippen molar-refractivity contribution in [3.05, 3.63) is 62.8 Å². The summed E-state index contributed by atoms with van der Waals surface area (Å²) in [7, 11) is 0. The minimum atomic E-state index is -0.204. The Balaban J connectivity index is 1.48. The van der Waals surface area contributed by atoms with Crippen LogP contribution >= 0.6 is 22.7 Å². The minimum absolute atomic E-state index is 0.0832. The van der Waals surface area contributed by atoms with Crippen LogP contribution in [-0.4, -0.2) is 28.5 Å². The van der Waals surface area contributed by atoms with E-state index in [2.05, 4.69) is 4.98 Å². The zero-order valence-electron chi connectivity index (χ0n) is 16.2. The van der Waals surface area contributed by atoms with Gasteiger partial charge < -0.3 is 9.47 Å². The Morgan fingerprint density at radius 1 is 1.17 bits per heavy atom. The molecule has 0 bridgehead atoms. The first kappa shape index (κ1) is 19.0. The molecule has 4 heterocycles. The second-order valence-corrected chi connectivity index (χ2v) is 9.20. The largest absolute Gasteiger partial charge is 0.490 e. The Morgan fingerprint density at radius 3 is 2.80 bits per heavy atom. The Morgan fingerprint density at radius 2 is 2.00 bits per heavy atom. The highest BCUT2D eigenvalue weighted by Crippen LogP contribution is 2.35. The van der Waals surface area contributed by atoms with E-state index in [4.69, 9.17) is 9.47 Å². The van der Waals surface area contributed by atoms with Gasteiger partial charge in [0, 0.05) is 32.7 Å². The van der Waals surface area contributed by atoms with Crippen LogP contribution in [0.1, 0.15) is 21.7 Å². The van der Waals surface area contributed by atoms with E-state index in [1.165, 1.54) is 27.1 Å². The number of Topliss-reactive ketones (excluding diaryl/α,β-unsaturated/α-hetero) is 1. The predicted octanol–water partition coefficient (Wildman–Crippen LogP) is 4.54. The molecule has 1 aliphatic heterocycles. The molecule has 0 spiro atoms. The van der Waals surface area contributed by atoms with Crippen molar-refractivity contribution in [2.75, 3.05) is 13.2 Å². The lowest BCUT2D eigenvalue weighted by atomic mass is 10.1. The summed E-state index contributed by atoms with van der Waals surface area (Å²) in [5, 5.41) is 2.52. The molecule has 0 saturated heterocycles.